The summed E-state index contributed by atoms with van der Waals surface area (Å²) < 4.78 is 0. The van der Waals surface area contributed by atoms with E-state index in [9.17, 15) is 0 Å². The van der Waals surface area contributed by atoms with Crippen LogP contribution in [-0.4, -0.2) is 30.6 Å². The number of nitrogens with one attached hydrogen (secondary N) is 1. The van der Waals surface area contributed by atoms with Crippen molar-refractivity contribution >= 4 is 23.2 Å². The van der Waals surface area contributed by atoms with Crippen molar-refractivity contribution in [1.29, 1.82) is 0 Å². The first-order valence-corrected chi connectivity index (χ1v) is 11.2. The lowest BCUT2D eigenvalue weighted by atomic mass is 9.93. The number of hydrogen-bond acceptors (Lipinski definition) is 2. The van der Waals surface area contributed by atoms with Crippen LogP contribution in [0.3, 0.4) is 0 Å². The van der Waals surface area contributed by atoms with Gasteiger partial charge in [0.1, 0.15) is 0 Å². The Labute approximate surface area is 189 Å². The fourth-order valence-electron chi connectivity index (χ4n) is 4.25. The Morgan fingerprint density at radius 1 is 0.833 bits per heavy atom. The van der Waals surface area contributed by atoms with E-state index in [1.807, 2.05) is 0 Å². The fourth-order valence-corrected chi connectivity index (χ4v) is 4.25. The highest BCUT2D eigenvalue weighted by molar-refractivity contribution is 5.86. The number of halogens is 1. The molecule has 2 nitrogen and oxygen atoms in total. The highest BCUT2D eigenvalue weighted by Crippen LogP contribution is 2.27. The van der Waals surface area contributed by atoms with Crippen LogP contribution in [0.25, 0.3) is 10.8 Å². The summed E-state index contributed by atoms with van der Waals surface area (Å²) in [4.78, 5) is 2.51. The summed E-state index contributed by atoms with van der Waals surface area (Å²) in [6.07, 6.45) is 3.45. The summed E-state index contributed by atoms with van der Waals surface area (Å²) in [7, 11) is 0. The maximum Gasteiger partial charge on any atom is 0.0369 e. The molecule has 0 saturated heterocycles. The summed E-state index contributed by atoms with van der Waals surface area (Å²) in [6, 6.07) is 27.1. The highest BCUT2D eigenvalue weighted by Gasteiger charge is 2.17. The van der Waals surface area contributed by atoms with Gasteiger partial charge in [0.05, 0.1) is 0 Å². The average molecular weight is 425 g/mol. The lowest BCUT2D eigenvalue weighted by Gasteiger charge is -2.26. The SMILES string of the molecule is CCN(CC)CCCC(C)NC(Cc1ccccc1)c1cccc2ccccc12.Cl. The predicted molar refractivity (Wildman–Crippen MR) is 134 cm³/mol. The standard InChI is InChI=1S/C27H36N2.ClH/c1-4-29(5-2)20-12-13-22(3)28-27(21-23-14-7-6-8-15-23)26-19-11-17-24-16-9-10-18-25(24)26;/h6-11,14-19,22,27-28H,4-5,12-13,20-21H2,1-3H3;1H. The van der Waals surface area contributed by atoms with Gasteiger partial charge in [0, 0.05) is 12.1 Å². The molecule has 2 atom stereocenters. The van der Waals surface area contributed by atoms with E-state index in [0.29, 0.717) is 12.1 Å². The summed E-state index contributed by atoms with van der Waals surface area (Å²) in [5, 5.41) is 6.64. The molecule has 3 rings (SSSR count). The van der Waals surface area contributed by atoms with Gasteiger partial charge < -0.3 is 10.2 Å². The van der Waals surface area contributed by atoms with Crippen molar-refractivity contribution in [2.45, 2.75) is 52.1 Å². The molecule has 0 aliphatic heterocycles. The lowest BCUT2D eigenvalue weighted by Crippen LogP contribution is -2.33. The third kappa shape index (κ3) is 6.84. The molecule has 2 unspecified atom stereocenters. The maximum absolute atomic E-state index is 3.97. The van der Waals surface area contributed by atoms with E-state index in [-0.39, 0.29) is 12.4 Å². The number of hydrogen-bond donors (Lipinski definition) is 1. The van der Waals surface area contributed by atoms with Gasteiger partial charge in [0.2, 0.25) is 0 Å². The molecule has 0 aliphatic carbocycles. The Morgan fingerprint density at radius 2 is 1.50 bits per heavy atom. The van der Waals surface area contributed by atoms with E-state index >= 15 is 0 Å². The quantitative estimate of drug-likeness (QED) is 0.371. The van der Waals surface area contributed by atoms with Crippen molar-refractivity contribution in [2.24, 2.45) is 0 Å². The molecule has 0 fully saturated rings. The van der Waals surface area contributed by atoms with Gasteiger partial charge in [-0.3, -0.25) is 0 Å². The number of fused-ring (bicyclic) bond motifs is 1. The number of benzene rings is 3. The summed E-state index contributed by atoms with van der Waals surface area (Å²) >= 11 is 0. The van der Waals surface area contributed by atoms with Crippen LogP contribution >= 0.6 is 12.4 Å². The van der Waals surface area contributed by atoms with Crippen LogP contribution < -0.4 is 5.32 Å². The molecule has 3 aromatic carbocycles. The van der Waals surface area contributed by atoms with E-state index in [1.165, 1.54) is 41.3 Å². The minimum atomic E-state index is 0. The molecule has 0 saturated carbocycles. The molecule has 0 radical (unpaired) electrons. The molecule has 0 aromatic heterocycles. The third-order valence-electron chi connectivity index (χ3n) is 5.97. The van der Waals surface area contributed by atoms with Gasteiger partial charge in [-0.15, -0.1) is 12.4 Å². The molecule has 0 spiro atoms. The van der Waals surface area contributed by atoms with Crippen molar-refractivity contribution < 1.29 is 0 Å². The van der Waals surface area contributed by atoms with Gasteiger partial charge in [0.25, 0.3) is 0 Å². The Morgan fingerprint density at radius 3 is 2.23 bits per heavy atom. The molecule has 1 N–H and O–H groups in total. The van der Waals surface area contributed by atoms with Crippen LogP contribution in [0.4, 0.5) is 0 Å². The predicted octanol–water partition coefficient (Wildman–Crippen LogP) is 6.65. The van der Waals surface area contributed by atoms with E-state index < -0.39 is 0 Å². The second-order valence-corrected chi connectivity index (χ2v) is 8.05. The summed E-state index contributed by atoms with van der Waals surface area (Å²) in [6.45, 7) is 10.3. The molecule has 0 bridgehead atoms. The molecule has 0 amide bonds. The summed E-state index contributed by atoms with van der Waals surface area (Å²) in [5.74, 6) is 0. The molecule has 3 aromatic rings. The minimum Gasteiger partial charge on any atom is -0.307 e. The first-order chi connectivity index (χ1) is 14.2. The van der Waals surface area contributed by atoms with Crippen molar-refractivity contribution in [3.63, 3.8) is 0 Å². The van der Waals surface area contributed by atoms with E-state index in [2.05, 4.69) is 104 Å². The minimum absolute atomic E-state index is 0. The molecule has 30 heavy (non-hydrogen) atoms. The van der Waals surface area contributed by atoms with Gasteiger partial charge in [-0.2, -0.15) is 0 Å². The Hall–Kier alpha value is -1.87. The van der Waals surface area contributed by atoms with Crippen LogP contribution in [0.1, 0.15) is 50.8 Å². The average Bonchev–Trinajstić information content (AvgIpc) is 2.76. The van der Waals surface area contributed by atoms with Gasteiger partial charge in [0.15, 0.2) is 0 Å². The molecule has 0 aliphatic rings. The number of rotatable bonds is 11. The maximum atomic E-state index is 3.97. The Balaban J connectivity index is 0.00000320. The van der Waals surface area contributed by atoms with Gasteiger partial charge in [-0.05, 0) is 67.7 Å². The van der Waals surface area contributed by atoms with Crippen LogP contribution in [0.2, 0.25) is 0 Å². The molecule has 3 heteroatoms. The highest BCUT2D eigenvalue weighted by atomic mass is 35.5. The largest absolute Gasteiger partial charge is 0.307 e. The first kappa shape index (κ1) is 24.4. The topological polar surface area (TPSA) is 15.3 Å². The molecule has 0 heterocycles. The number of nitrogens with zero attached hydrogens (tertiary/aromatic N) is 1. The Bertz CT molecular complexity index is 856. The van der Waals surface area contributed by atoms with E-state index in [4.69, 9.17) is 0 Å². The zero-order chi connectivity index (χ0) is 20.5. The van der Waals surface area contributed by atoms with E-state index in [1.54, 1.807) is 0 Å². The first-order valence-electron chi connectivity index (χ1n) is 11.2. The van der Waals surface area contributed by atoms with Gasteiger partial charge >= 0.3 is 0 Å². The van der Waals surface area contributed by atoms with Crippen LogP contribution in [0.5, 0.6) is 0 Å². The fraction of sp³-hybridized carbons (Fsp3) is 0.407. The normalized spacial score (nSPS) is 13.2. The third-order valence-corrected chi connectivity index (χ3v) is 5.97. The van der Waals surface area contributed by atoms with Crippen LogP contribution in [-0.2, 0) is 6.42 Å². The molecular formula is C27H37ClN2. The van der Waals surface area contributed by atoms with Crippen molar-refractivity contribution in [3.8, 4) is 0 Å². The monoisotopic (exact) mass is 424 g/mol. The van der Waals surface area contributed by atoms with Crippen LogP contribution in [0, 0.1) is 0 Å². The van der Waals surface area contributed by atoms with Crippen molar-refractivity contribution in [3.05, 3.63) is 83.9 Å². The van der Waals surface area contributed by atoms with Crippen molar-refractivity contribution in [1.82, 2.24) is 10.2 Å². The zero-order valence-electron chi connectivity index (χ0n) is 18.7. The molecular weight excluding hydrogens is 388 g/mol. The van der Waals surface area contributed by atoms with Gasteiger partial charge in [-0.1, -0.05) is 86.6 Å². The second-order valence-electron chi connectivity index (χ2n) is 8.05. The molecule has 162 valence electrons. The summed E-state index contributed by atoms with van der Waals surface area (Å²) in [5.41, 5.74) is 2.79. The van der Waals surface area contributed by atoms with Crippen molar-refractivity contribution in [2.75, 3.05) is 19.6 Å². The van der Waals surface area contributed by atoms with Gasteiger partial charge in [-0.25, -0.2) is 0 Å². The van der Waals surface area contributed by atoms with E-state index in [0.717, 1.165) is 19.5 Å². The zero-order valence-corrected chi connectivity index (χ0v) is 19.5. The lowest BCUT2D eigenvalue weighted by molar-refractivity contribution is 0.288. The van der Waals surface area contributed by atoms with Crippen LogP contribution in [0.15, 0.2) is 72.8 Å². The Kier molecular flexibility index (Phi) is 10.4. The smallest absolute Gasteiger partial charge is 0.0369 e. The second kappa shape index (κ2) is 12.7.